The van der Waals surface area contributed by atoms with Gasteiger partial charge in [0, 0.05) is 33.3 Å². The molecule has 6 nitrogen and oxygen atoms in total. The lowest BCUT2D eigenvalue weighted by Crippen LogP contribution is -2.33. The van der Waals surface area contributed by atoms with Crippen LogP contribution in [0.15, 0.2) is 6.33 Å². The van der Waals surface area contributed by atoms with Gasteiger partial charge in [-0.05, 0) is 5.92 Å². The fourth-order valence-electron chi connectivity index (χ4n) is 1.78. The first-order chi connectivity index (χ1) is 8.67. The van der Waals surface area contributed by atoms with Crippen molar-refractivity contribution < 1.29 is 4.74 Å². The van der Waals surface area contributed by atoms with Crippen LogP contribution < -0.4 is 5.73 Å². The lowest BCUT2D eigenvalue weighted by Gasteiger charge is -2.21. The number of nitrogens with two attached hydrogens (primary N) is 1. The van der Waals surface area contributed by atoms with Crippen molar-refractivity contribution in [1.29, 1.82) is 0 Å². The Morgan fingerprint density at radius 1 is 1.44 bits per heavy atom. The van der Waals surface area contributed by atoms with Crippen LogP contribution in [0.3, 0.4) is 0 Å². The molecule has 104 valence electrons. The van der Waals surface area contributed by atoms with Crippen molar-refractivity contribution >= 4 is 0 Å². The maximum Gasteiger partial charge on any atom is 0.141 e. The number of nitrogens with zero attached hydrogens (tertiary/aromatic N) is 4. The summed E-state index contributed by atoms with van der Waals surface area (Å²) < 4.78 is 7.08. The highest BCUT2D eigenvalue weighted by Gasteiger charge is 2.11. The molecule has 0 aromatic carbocycles. The van der Waals surface area contributed by atoms with Crippen molar-refractivity contribution in [3.05, 3.63) is 12.2 Å². The first kappa shape index (κ1) is 15.1. The van der Waals surface area contributed by atoms with E-state index < -0.39 is 0 Å². The Labute approximate surface area is 109 Å². The van der Waals surface area contributed by atoms with Crippen LogP contribution in [-0.2, 0) is 17.8 Å². The summed E-state index contributed by atoms with van der Waals surface area (Å²) >= 11 is 0. The molecule has 6 heteroatoms. The van der Waals surface area contributed by atoms with E-state index >= 15 is 0 Å². The summed E-state index contributed by atoms with van der Waals surface area (Å²) in [7, 11) is 1.71. The Kier molecular flexibility index (Phi) is 6.85. The highest BCUT2D eigenvalue weighted by molar-refractivity contribution is 4.85. The van der Waals surface area contributed by atoms with Crippen LogP contribution in [0.4, 0.5) is 0 Å². The lowest BCUT2D eigenvalue weighted by molar-refractivity contribution is 0.143. The zero-order valence-electron chi connectivity index (χ0n) is 11.7. The molecule has 0 saturated carbocycles. The van der Waals surface area contributed by atoms with Crippen molar-refractivity contribution in [2.75, 3.05) is 33.4 Å². The van der Waals surface area contributed by atoms with Gasteiger partial charge < -0.3 is 10.5 Å². The van der Waals surface area contributed by atoms with Gasteiger partial charge in [-0.15, -0.1) is 0 Å². The SMILES string of the molecule is COCCN(CCN)Cc1ncnn1CC(C)C. The molecule has 0 amide bonds. The van der Waals surface area contributed by atoms with E-state index in [1.54, 1.807) is 13.4 Å². The second kappa shape index (κ2) is 8.18. The van der Waals surface area contributed by atoms with Gasteiger partial charge >= 0.3 is 0 Å². The molecule has 0 aliphatic heterocycles. The highest BCUT2D eigenvalue weighted by Crippen LogP contribution is 2.04. The molecule has 1 aromatic rings. The third-order valence-electron chi connectivity index (χ3n) is 2.66. The predicted molar refractivity (Wildman–Crippen MR) is 71.1 cm³/mol. The minimum Gasteiger partial charge on any atom is -0.383 e. The molecule has 1 aromatic heterocycles. The molecule has 0 spiro atoms. The first-order valence-electron chi connectivity index (χ1n) is 6.45. The molecule has 18 heavy (non-hydrogen) atoms. The smallest absolute Gasteiger partial charge is 0.141 e. The van der Waals surface area contributed by atoms with Gasteiger partial charge in [0.05, 0.1) is 13.2 Å². The summed E-state index contributed by atoms with van der Waals surface area (Å²) in [6.45, 7) is 9.08. The number of rotatable bonds is 9. The Morgan fingerprint density at radius 2 is 2.22 bits per heavy atom. The van der Waals surface area contributed by atoms with Gasteiger partial charge in [-0.3, -0.25) is 4.90 Å². The van der Waals surface area contributed by atoms with Gasteiger partial charge in [-0.2, -0.15) is 5.10 Å². The highest BCUT2D eigenvalue weighted by atomic mass is 16.5. The topological polar surface area (TPSA) is 69.2 Å². The minimum atomic E-state index is 0.562. The van der Waals surface area contributed by atoms with E-state index in [1.165, 1.54) is 0 Å². The standard InChI is InChI=1S/C12H25N5O/c1-11(2)8-17-12(14-10-15-17)9-16(5-4-13)6-7-18-3/h10-11H,4-9,13H2,1-3H3. The molecule has 1 rings (SSSR count). The summed E-state index contributed by atoms with van der Waals surface area (Å²) in [5.41, 5.74) is 5.62. The fourth-order valence-corrected chi connectivity index (χ4v) is 1.78. The lowest BCUT2D eigenvalue weighted by atomic mass is 10.2. The summed E-state index contributed by atoms with van der Waals surface area (Å²) in [5.74, 6) is 1.56. The van der Waals surface area contributed by atoms with Crippen LogP contribution in [0.5, 0.6) is 0 Å². The Bertz CT molecular complexity index is 326. The van der Waals surface area contributed by atoms with Crippen molar-refractivity contribution in [2.24, 2.45) is 11.7 Å². The quantitative estimate of drug-likeness (QED) is 0.689. The molecule has 2 N–H and O–H groups in total. The van der Waals surface area contributed by atoms with E-state index in [0.29, 0.717) is 19.1 Å². The maximum absolute atomic E-state index is 5.62. The molecule has 0 aliphatic carbocycles. The van der Waals surface area contributed by atoms with E-state index in [2.05, 4.69) is 28.8 Å². The second-order valence-electron chi connectivity index (χ2n) is 4.81. The molecule has 0 radical (unpaired) electrons. The number of aromatic nitrogens is 3. The van der Waals surface area contributed by atoms with Gasteiger partial charge in [0.2, 0.25) is 0 Å². The van der Waals surface area contributed by atoms with E-state index in [4.69, 9.17) is 10.5 Å². The Balaban J connectivity index is 2.59. The molecule has 0 unspecified atom stereocenters. The van der Waals surface area contributed by atoms with Crippen LogP contribution in [0.2, 0.25) is 0 Å². The molecule has 0 aliphatic rings. The summed E-state index contributed by atoms with van der Waals surface area (Å²) in [5, 5.41) is 4.27. The van der Waals surface area contributed by atoms with E-state index in [9.17, 15) is 0 Å². The molecular weight excluding hydrogens is 230 g/mol. The summed E-state index contributed by atoms with van der Waals surface area (Å²) in [6.07, 6.45) is 1.62. The normalized spacial score (nSPS) is 11.7. The Hall–Kier alpha value is -0.980. The average molecular weight is 255 g/mol. The van der Waals surface area contributed by atoms with E-state index in [1.807, 2.05) is 4.68 Å². The zero-order chi connectivity index (χ0) is 13.4. The van der Waals surface area contributed by atoms with Crippen LogP contribution in [-0.4, -0.2) is 53.0 Å². The largest absolute Gasteiger partial charge is 0.383 e. The van der Waals surface area contributed by atoms with Gasteiger partial charge in [0.25, 0.3) is 0 Å². The number of hydrogen-bond donors (Lipinski definition) is 1. The van der Waals surface area contributed by atoms with Gasteiger partial charge in [-0.25, -0.2) is 9.67 Å². The van der Waals surface area contributed by atoms with Crippen molar-refractivity contribution in [3.63, 3.8) is 0 Å². The molecule has 0 bridgehead atoms. The number of ether oxygens (including phenoxy) is 1. The number of methoxy groups -OCH3 is 1. The molecular formula is C12H25N5O. The van der Waals surface area contributed by atoms with Crippen molar-refractivity contribution in [3.8, 4) is 0 Å². The van der Waals surface area contributed by atoms with Gasteiger partial charge in [0.15, 0.2) is 0 Å². The first-order valence-corrected chi connectivity index (χ1v) is 6.45. The van der Waals surface area contributed by atoms with Crippen LogP contribution in [0.25, 0.3) is 0 Å². The van der Waals surface area contributed by atoms with Crippen LogP contribution in [0.1, 0.15) is 19.7 Å². The van der Waals surface area contributed by atoms with E-state index in [-0.39, 0.29) is 0 Å². The molecule has 0 atom stereocenters. The monoisotopic (exact) mass is 255 g/mol. The van der Waals surface area contributed by atoms with Crippen LogP contribution in [0, 0.1) is 5.92 Å². The predicted octanol–water partition coefficient (Wildman–Crippen LogP) is 0.341. The molecule has 1 heterocycles. The van der Waals surface area contributed by atoms with Crippen molar-refractivity contribution in [1.82, 2.24) is 19.7 Å². The average Bonchev–Trinajstić information content (AvgIpc) is 2.73. The van der Waals surface area contributed by atoms with Crippen molar-refractivity contribution in [2.45, 2.75) is 26.9 Å². The van der Waals surface area contributed by atoms with Crippen LogP contribution >= 0.6 is 0 Å². The molecule has 0 saturated heterocycles. The maximum atomic E-state index is 5.62. The Morgan fingerprint density at radius 3 is 2.83 bits per heavy atom. The van der Waals surface area contributed by atoms with Gasteiger partial charge in [0.1, 0.15) is 12.2 Å². The second-order valence-corrected chi connectivity index (χ2v) is 4.81. The summed E-state index contributed by atoms with van der Waals surface area (Å²) in [6, 6.07) is 0. The third kappa shape index (κ3) is 5.12. The fraction of sp³-hybridized carbons (Fsp3) is 0.833. The number of hydrogen-bond acceptors (Lipinski definition) is 5. The molecule has 0 fully saturated rings. The third-order valence-corrected chi connectivity index (χ3v) is 2.66. The van der Waals surface area contributed by atoms with Gasteiger partial charge in [-0.1, -0.05) is 13.8 Å². The van der Waals surface area contributed by atoms with E-state index in [0.717, 1.165) is 32.0 Å². The summed E-state index contributed by atoms with van der Waals surface area (Å²) in [4.78, 5) is 6.57. The zero-order valence-corrected chi connectivity index (χ0v) is 11.7. The minimum absolute atomic E-state index is 0.562.